The fourth-order valence-electron chi connectivity index (χ4n) is 5.11. The minimum atomic E-state index is -0.522. The summed E-state index contributed by atoms with van der Waals surface area (Å²) in [6.45, 7) is 11.8. The Morgan fingerprint density at radius 2 is 1.88 bits per heavy atom. The number of ether oxygens (including phenoxy) is 1. The van der Waals surface area contributed by atoms with Crippen LogP contribution in [0, 0.1) is 12.3 Å². The van der Waals surface area contributed by atoms with E-state index in [0.717, 1.165) is 48.9 Å². The van der Waals surface area contributed by atoms with Gasteiger partial charge in [0.15, 0.2) is 5.82 Å². The van der Waals surface area contributed by atoms with Gasteiger partial charge in [0, 0.05) is 60.8 Å². The van der Waals surface area contributed by atoms with Crippen molar-refractivity contribution in [3.8, 4) is 11.3 Å². The Morgan fingerprint density at radius 1 is 1.09 bits per heavy atom. The van der Waals surface area contributed by atoms with E-state index in [1.54, 1.807) is 6.07 Å². The monoisotopic (exact) mass is 459 g/mol. The van der Waals surface area contributed by atoms with Gasteiger partial charge in [-0.2, -0.15) is 5.10 Å². The predicted octanol–water partition coefficient (Wildman–Crippen LogP) is 4.84. The second kappa shape index (κ2) is 8.46. The van der Waals surface area contributed by atoms with E-state index in [1.807, 2.05) is 52.1 Å². The van der Waals surface area contributed by atoms with Gasteiger partial charge in [-0.1, -0.05) is 12.1 Å². The van der Waals surface area contributed by atoms with Crippen LogP contribution in [0.4, 0.5) is 11.5 Å². The molecular formula is C27H33N5O2. The second-order valence-electron chi connectivity index (χ2n) is 10.8. The van der Waals surface area contributed by atoms with Gasteiger partial charge in [0.25, 0.3) is 0 Å². The number of carbonyl (C=O) groups excluding carboxylic acids is 1. The van der Waals surface area contributed by atoms with Crippen molar-refractivity contribution in [1.82, 2.24) is 15.2 Å². The standard InChI is InChI=1S/C27H33N5O2/c1-19-13-22(9-11-28-19)32-17-27(18-32)10-6-12-31(16-27)24-15-23(29-30-24)20-7-5-8-21(14-20)25(33)34-26(2,3)4/h5,7-9,11,13-15H,6,10,12,16-18H2,1-4H3,(H,29,30). The lowest BCUT2D eigenvalue weighted by Crippen LogP contribution is -2.63. The SMILES string of the molecule is Cc1cc(N2CC3(CCCN(c4cc(-c5cccc(C(=O)OC(C)(C)C)c5)[nH]n4)C3)C2)ccn1. The summed E-state index contributed by atoms with van der Waals surface area (Å²) in [5, 5.41) is 7.80. The molecule has 2 aliphatic heterocycles. The predicted molar refractivity (Wildman–Crippen MR) is 134 cm³/mol. The van der Waals surface area contributed by atoms with E-state index < -0.39 is 5.60 Å². The van der Waals surface area contributed by atoms with Crippen molar-refractivity contribution in [3.05, 3.63) is 59.9 Å². The first-order valence-corrected chi connectivity index (χ1v) is 12.0. The molecule has 0 radical (unpaired) electrons. The smallest absolute Gasteiger partial charge is 0.338 e. The maximum atomic E-state index is 12.5. The van der Waals surface area contributed by atoms with Gasteiger partial charge in [-0.25, -0.2) is 4.79 Å². The third-order valence-electron chi connectivity index (χ3n) is 6.66. The summed E-state index contributed by atoms with van der Waals surface area (Å²) in [5.74, 6) is 0.654. The number of aromatic amines is 1. The topological polar surface area (TPSA) is 74.3 Å². The highest BCUT2D eigenvalue weighted by Crippen LogP contribution is 2.42. The number of hydrogen-bond donors (Lipinski definition) is 1. The zero-order valence-corrected chi connectivity index (χ0v) is 20.5. The minimum Gasteiger partial charge on any atom is -0.456 e. The molecule has 34 heavy (non-hydrogen) atoms. The average molecular weight is 460 g/mol. The van der Waals surface area contributed by atoms with Gasteiger partial charge < -0.3 is 14.5 Å². The van der Waals surface area contributed by atoms with Gasteiger partial charge in [-0.15, -0.1) is 0 Å². The van der Waals surface area contributed by atoms with Crippen LogP contribution in [0.2, 0.25) is 0 Å². The minimum absolute atomic E-state index is 0.311. The maximum Gasteiger partial charge on any atom is 0.338 e. The molecule has 2 saturated heterocycles. The molecule has 1 N–H and O–H groups in total. The summed E-state index contributed by atoms with van der Waals surface area (Å²) in [7, 11) is 0. The Hall–Kier alpha value is -3.35. The molecule has 0 atom stereocenters. The van der Waals surface area contributed by atoms with Crippen LogP contribution in [0.3, 0.4) is 0 Å². The van der Waals surface area contributed by atoms with E-state index in [4.69, 9.17) is 4.74 Å². The molecule has 7 heteroatoms. The molecular weight excluding hydrogens is 426 g/mol. The van der Waals surface area contributed by atoms with Crippen molar-refractivity contribution >= 4 is 17.5 Å². The number of rotatable bonds is 4. The zero-order chi connectivity index (χ0) is 23.9. The number of esters is 1. The van der Waals surface area contributed by atoms with Crippen molar-refractivity contribution in [2.24, 2.45) is 5.41 Å². The number of pyridine rings is 1. The van der Waals surface area contributed by atoms with Crippen molar-refractivity contribution in [2.45, 2.75) is 46.1 Å². The lowest BCUT2D eigenvalue weighted by Gasteiger charge is -2.55. The number of benzene rings is 1. The number of nitrogens with one attached hydrogen (secondary N) is 1. The third kappa shape index (κ3) is 4.65. The second-order valence-corrected chi connectivity index (χ2v) is 10.8. The Balaban J connectivity index is 1.27. The highest BCUT2D eigenvalue weighted by molar-refractivity contribution is 5.91. The molecule has 0 bridgehead atoms. The molecule has 1 aromatic carbocycles. The van der Waals surface area contributed by atoms with Gasteiger partial charge in [0.05, 0.1) is 11.3 Å². The molecule has 0 unspecified atom stereocenters. The van der Waals surface area contributed by atoms with Gasteiger partial charge >= 0.3 is 5.97 Å². The first-order valence-electron chi connectivity index (χ1n) is 12.0. The van der Waals surface area contributed by atoms with Crippen LogP contribution in [0.5, 0.6) is 0 Å². The number of carbonyl (C=O) groups is 1. The van der Waals surface area contributed by atoms with Crippen LogP contribution in [-0.4, -0.2) is 52.9 Å². The van der Waals surface area contributed by atoms with Gasteiger partial charge in [0.1, 0.15) is 5.60 Å². The van der Waals surface area contributed by atoms with Crippen LogP contribution in [0.25, 0.3) is 11.3 Å². The Kier molecular flexibility index (Phi) is 5.58. The average Bonchev–Trinajstić information content (AvgIpc) is 3.27. The van der Waals surface area contributed by atoms with E-state index in [9.17, 15) is 4.79 Å². The number of piperidine rings is 1. The van der Waals surface area contributed by atoms with E-state index in [1.165, 1.54) is 18.5 Å². The fraction of sp³-hybridized carbons (Fsp3) is 0.444. The number of aryl methyl sites for hydroxylation is 1. The zero-order valence-electron chi connectivity index (χ0n) is 20.5. The van der Waals surface area contributed by atoms with Crippen molar-refractivity contribution in [1.29, 1.82) is 0 Å². The molecule has 3 aromatic rings. The summed E-state index contributed by atoms with van der Waals surface area (Å²) in [4.78, 5) is 21.7. The van der Waals surface area contributed by atoms with Gasteiger partial charge in [-0.05, 0) is 64.8 Å². The van der Waals surface area contributed by atoms with Crippen LogP contribution in [0.15, 0.2) is 48.7 Å². The first kappa shape index (κ1) is 22.4. The number of H-pyrrole nitrogens is 1. The Labute approximate surface area is 201 Å². The summed E-state index contributed by atoms with van der Waals surface area (Å²) in [5.41, 5.74) is 4.49. The normalized spacial score (nSPS) is 17.5. The van der Waals surface area contributed by atoms with E-state index in [0.29, 0.717) is 11.0 Å². The summed E-state index contributed by atoms with van der Waals surface area (Å²) in [6, 6.07) is 13.9. The molecule has 2 aromatic heterocycles. The van der Waals surface area contributed by atoms with E-state index in [-0.39, 0.29) is 5.97 Å². The first-order chi connectivity index (χ1) is 16.2. The molecule has 7 nitrogen and oxygen atoms in total. The molecule has 0 saturated carbocycles. The molecule has 2 aliphatic rings. The van der Waals surface area contributed by atoms with Gasteiger partial charge in [0.2, 0.25) is 0 Å². The van der Waals surface area contributed by atoms with Crippen molar-refractivity contribution in [2.75, 3.05) is 36.0 Å². The number of aromatic nitrogens is 3. The molecule has 5 rings (SSSR count). The van der Waals surface area contributed by atoms with Crippen molar-refractivity contribution in [3.63, 3.8) is 0 Å². The van der Waals surface area contributed by atoms with Crippen LogP contribution in [-0.2, 0) is 4.74 Å². The highest BCUT2D eigenvalue weighted by atomic mass is 16.6. The maximum absolute atomic E-state index is 12.5. The van der Waals surface area contributed by atoms with E-state index in [2.05, 4.69) is 43.2 Å². The quantitative estimate of drug-likeness (QED) is 0.563. The summed E-state index contributed by atoms with van der Waals surface area (Å²) in [6.07, 6.45) is 4.31. The Morgan fingerprint density at radius 3 is 2.65 bits per heavy atom. The summed E-state index contributed by atoms with van der Waals surface area (Å²) >= 11 is 0. The molecule has 0 aliphatic carbocycles. The van der Waals surface area contributed by atoms with Gasteiger partial charge in [-0.3, -0.25) is 10.1 Å². The highest BCUT2D eigenvalue weighted by Gasteiger charge is 2.46. The third-order valence-corrected chi connectivity index (χ3v) is 6.66. The Bertz CT molecular complexity index is 1190. The number of anilines is 2. The molecule has 4 heterocycles. The van der Waals surface area contributed by atoms with Crippen LogP contribution < -0.4 is 9.80 Å². The molecule has 178 valence electrons. The lowest BCUT2D eigenvalue weighted by atomic mass is 9.73. The number of nitrogens with zero attached hydrogens (tertiary/aromatic N) is 4. The van der Waals surface area contributed by atoms with Crippen LogP contribution in [0.1, 0.15) is 49.7 Å². The molecule has 0 amide bonds. The molecule has 1 spiro atoms. The van der Waals surface area contributed by atoms with Crippen LogP contribution >= 0.6 is 0 Å². The van der Waals surface area contributed by atoms with E-state index >= 15 is 0 Å². The van der Waals surface area contributed by atoms with Crippen molar-refractivity contribution < 1.29 is 9.53 Å². The molecule has 2 fully saturated rings. The largest absolute Gasteiger partial charge is 0.456 e. The fourth-order valence-corrected chi connectivity index (χ4v) is 5.11. The number of hydrogen-bond acceptors (Lipinski definition) is 6. The lowest BCUT2D eigenvalue weighted by molar-refractivity contribution is 0.00695. The summed E-state index contributed by atoms with van der Waals surface area (Å²) < 4.78 is 5.52.